The monoisotopic (exact) mass is 267 g/mol. The lowest BCUT2D eigenvalue weighted by Gasteiger charge is -2.04. The molecule has 1 aliphatic rings. The van der Waals surface area contributed by atoms with Crippen LogP contribution in [-0.2, 0) is 16.3 Å². The van der Waals surface area contributed by atoms with E-state index in [2.05, 4.69) is 10.2 Å². The predicted octanol–water partition coefficient (Wildman–Crippen LogP) is -0.000200. The molecule has 2 aromatic heterocycles. The molecule has 18 heavy (non-hydrogen) atoms. The minimum atomic E-state index is -2.89. The first-order chi connectivity index (χ1) is 8.55. The molecule has 3 heterocycles. The van der Waals surface area contributed by atoms with E-state index in [1.54, 1.807) is 12.1 Å². The molecule has 1 atom stereocenters. The fraction of sp³-hybridized carbons (Fsp3) is 0.455. The molecule has 96 valence electrons. The van der Waals surface area contributed by atoms with E-state index in [0.29, 0.717) is 24.3 Å². The number of hydrogen-bond donors (Lipinski definition) is 1. The van der Waals surface area contributed by atoms with Crippen LogP contribution in [0.4, 0.5) is 0 Å². The largest absolute Gasteiger partial charge is 0.269 e. The predicted molar refractivity (Wildman–Crippen MR) is 66.3 cm³/mol. The quantitative estimate of drug-likeness (QED) is 0.830. The highest BCUT2D eigenvalue weighted by Crippen LogP contribution is 2.21. The van der Waals surface area contributed by atoms with Crippen molar-refractivity contribution >= 4 is 15.5 Å². The lowest BCUT2D eigenvalue weighted by Crippen LogP contribution is -2.16. The van der Waals surface area contributed by atoms with Crippen LogP contribution in [0.25, 0.3) is 5.65 Å². The Balaban J connectivity index is 1.95. The van der Waals surface area contributed by atoms with Crippen molar-refractivity contribution in [3.05, 3.63) is 34.4 Å². The van der Waals surface area contributed by atoms with Gasteiger partial charge in [-0.3, -0.25) is 9.89 Å². The third kappa shape index (κ3) is 1.94. The molecule has 6 nitrogen and oxygen atoms in total. The second kappa shape index (κ2) is 3.94. The van der Waals surface area contributed by atoms with Gasteiger partial charge in [-0.25, -0.2) is 12.8 Å². The minimum absolute atomic E-state index is 0.0635. The number of H-pyrrole nitrogens is 1. The molecule has 0 radical (unpaired) electrons. The number of fused-ring (bicyclic) bond motifs is 1. The lowest BCUT2D eigenvalue weighted by molar-refractivity contribution is 0.565. The van der Waals surface area contributed by atoms with Crippen molar-refractivity contribution < 1.29 is 8.42 Å². The molecule has 1 aliphatic heterocycles. The molecular weight excluding hydrogens is 254 g/mol. The van der Waals surface area contributed by atoms with Crippen molar-refractivity contribution in [1.29, 1.82) is 0 Å². The highest BCUT2D eigenvalue weighted by Gasteiger charge is 2.29. The molecule has 0 aliphatic carbocycles. The summed E-state index contributed by atoms with van der Waals surface area (Å²) >= 11 is 0. The van der Waals surface area contributed by atoms with Crippen molar-refractivity contribution in [2.75, 3.05) is 11.5 Å². The molecule has 0 saturated carbocycles. The van der Waals surface area contributed by atoms with E-state index in [-0.39, 0.29) is 23.0 Å². The lowest BCUT2D eigenvalue weighted by atomic mass is 10.1. The molecular formula is C11H13N3O3S. The summed E-state index contributed by atoms with van der Waals surface area (Å²) in [6, 6.07) is 4.90. The van der Waals surface area contributed by atoms with Crippen LogP contribution in [0.2, 0.25) is 0 Å². The van der Waals surface area contributed by atoms with E-state index in [0.717, 1.165) is 0 Å². The van der Waals surface area contributed by atoms with Gasteiger partial charge in [0.25, 0.3) is 5.56 Å². The summed E-state index contributed by atoms with van der Waals surface area (Å²) in [7, 11) is -2.89. The topological polar surface area (TPSA) is 84.3 Å². The van der Waals surface area contributed by atoms with E-state index in [1.807, 2.05) is 0 Å². The van der Waals surface area contributed by atoms with Crippen LogP contribution < -0.4 is 5.56 Å². The smallest absolute Gasteiger partial charge is 0.257 e. The van der Waals surface area contributed by atoms with Crippen molar-refractivity contribution in [3.63, 3.8) is 0 Å². The maximum Gasteiger partial charge on any atom is 0.257 e. The van der Waals surface area contributed by atoms with E-state index < -0.39 is 9.84 Å². The standard InChI is InChI=1S/C11H13N3O3S/c15-11-3-1-2-9-12-13-10(14(9)11)6-8-4-5-18(16,17)7-8/h1-3,8,12H,4-7H2. The number of sulfone groups is 1. The maximum absolute atomic E-state index is 11.7. The van der Waals surface area contributed by atoms with Crippen LogP contribution in [0, 0.1) is 5.92 Å². The van der Waals surface area contributed by atoms with Gasteiger partial charge in [-0.1, -0.05) is 6.07 Å². The van der Waals surface area contributed by atoms with Gasteiger partial charge in [0, 0.05) is 12.5 Å². The van der Waals surface area contributed by atoms with Gasteiger partial charge in [-0.05, 0) is 18.4 Å². The fourth-order valence-electron chi connectivity index (χ4n) is 2.44. The van der Waals surface area contributed by atoms with E-state index in [1.165, 1.54) is 10.5 Å². The Labute approximate surface area is 104 Å². The van der Waals surface area contributed by atoms with Crippen LogP contribution in [0.5, 0.6) is 0 Å². The van der Waals surface area contributed by atoms with Gasteiger partial charge in [-0.2, -0.15) is 5.10 Å². The van der Waals surface area contributed by atoms with Crippen LogP contribution in [0.15, 0.2) is 23.0 Å². The van der Waals surface area contributed by atoms with Crippen LogP contribution in [0.3, 0.4) is 0 Å². The molecule has 7 heteroatoms. The number of aromatic amines is 1. The van der Waals surface area contributed by atoms with Gasteiger partial charge in [0.05, 0.1) is 11.5 Å². The first-order valence-corrected chi connectivity index (χ1v) is 7.63. The molecule has 3 rings (SSSR count). The Bertz CT molecular complexity index is 744. The molecule has 1 N–H and O–H groups in total. The summed E-state index contributed by atoms with van der Waals surface area (Å²) in [5, 5.41) is 6.90. The molecule has 0 bridgehead atoms. The Hall–Kier alpha value is -1.63. The maximum atomic E-state index is 11.7. The zero-order valence-electron chi connectivity index (χ0n) is 9.67. The fourth-order valence-corrected chi connectivity index (χ4v) is 4.30. The second-order valence-electron chi connectivity index (χ2n) is 4.70. The summed E-state index contributed by atoms with van der Waals surface area (Å²) < 4.78 is 24.3. The van der Waals surface area contributed by atoms with Crippen molar-refractivity contribution in [1.82, 2.24) is 14.6 Å². The van der Waals surface area contributed by atoms with Gasteiger partial charge in [-0.15, -0.1) is 0 Å². The third-order valence-corrected chi connectivity index (χ3v) is 5.15. The number of nitrogens with zero attached hydrogens (tertiary/aromatic N) is 2. The van der Waals surface area contributed by atoms with E-state index in [9.17, 15) is 13.2 Å². The van der Waals surface area contributed by atoms with Crippen LogP contribution in [0.1, 0.15) is 12.2 Å². The van der Waals surface area contributed by atoms with Crippen molar-refractivity contribution in [2.45, 2.75) is 12.8 Å². The van der Waals surface area contributed by atoms with Crippen LogP contribution >= 0.6 is 0 Å². The van der Waals surface area contributed by atoms with Gasteiger partial charge in [0.1, 0.15) is 11.5 Å². The van der Waals surface area contributed by atoms with E-state index >= 15 is 0 Å². The average Bonchev–Trinajstić information content (AvgIpc) is 2.85. The Kier molecular flexibility index (Phi) is 2.51. The summed E-state index contributed by atoms with van der Waals surface area (Å²) in [4.78, 5) is 11.7. The Morgan fingerprint density at radius 3 is 3.00 bits per heavy atom. The van der Waals surface area contributed by atoms with Crippen LogP contribution in [-0.4, -0.2) is 34.5 Å². The Morgan fingerprint density at radius 1 is 1.44 bits per heavy atom. The second-order valence-corrected chi connectivity index (χ2v) is 6.93. The third-order valence-electron chi connectivity index (χ3n) is 3.31. The highest BCUT2D eigenvalue weighted by atomic mass is 32.2. The first kappa shape index (κ1) is 11.5. The normalized spacial score (nSPS) is 22.6. The number of pyridine rings is 1. The average molecular weight is 267 g/mol. The summed E-state index contributed by atoms with van der Waals surface area (Å²) in [6.07, 6.45) is 1.17. The van der Waals surface area contributed by atoms with Crippen molar-refractivity contribution in [3.8, 4) is 0 Å². The zero-order valence-corrected chi connectivity index (χ0v) is 10.5. The molecule has 0 spiro atoms. The van der Waals surface area contributed by atoms with Gasteiger partial charge in [0.15, 0.2) is 9.84 Å². The van der Waals surface area contributed by atoms with Gasteiger partial charge >= 0.3 is 0 Å². The minimum Gasteiger partial charge on any atom is -0.269 e. The number of hydrogen-bond acceptors (Lipinski definition) is 4. The molecule has 1 fully saturated rings. The zero-order chi connectivity index (χ0) is 12.8. The van der Waals surface area contributed by atoms with Crippen molar-refractivity contribution in [2.24, 2.45) is 5.92 Å². The first-order valence-electron chi connectivity index (χ1n) is 5.81. The summed E-state index contributed by atoms with van der Waals surface area (Å²) in [5.41, 5.74) is 0.496. The summed E-state index contributed by atoms with van der Waals surface area (Å²) in [6.45, 7) is 0. The SMILES string of the molecule is O=c1cccc2[nH]nc(CC3CCS(=O)(=O)C3)n12. The van der Waals surface area contributed by atoms with Gasteiger partial charge in [0.2, 0.25) is 0 Å². The molecule has 0 amide bonds. The number of rotatable bonds is 2. The molecule has 1 unspecified atom stereocenters. The molecule has 0 aromatic carbocycles. The summed E-state index contributed by atoms with van der Waals surface area (Å²) in [5.74, 6) is 1.11. The highest BCUT2D eigenvalue weighted by molar-refractivity contribution is 7.91. The van der Waals surface area contributed by atoms with E-state index in [4.69, 9.17) is 0 Å². The Morgan fingerprint density at radius 2 is 2.28 bits per heavy atom. The number of aromatic nitrogens is 3. The molecule has 2 aromatic rings. The number of nitrogens with one attached hydrogen (secondary N) is 1. The molecule has 1 saturated heterocycles. The van der Waals surface area contributed by atoms with Gasteiger partial charge < -0.3 is 0 Å².